The topological polar surface area (TPSA) is 92.7 Å². The average Bonchev–Trinajstić information content (AvgIpc) is 3.19. The van der Waals surface area contributed by atoms with Gasteiger partial charge in [-0.05, 0) is 44.4 Å². The van der Waals surface area contributed by atoms with Crippen LogP contribution in [0.2, 0.25) is 0 Å². The number of fused-ring (bicyclic) bond motifs is 2. The van der Waals surface area contributed by atoms with Crippen molar-refractivity contribution in [3.63, 3.8) is 0 Å². The SMILES string of the molecule is COc1cc2c(Oc3ccc4[nH]ccc4c3)ncnc2cc1OCC(O)CN(C)C. The van der Waals surface area contributed by atoms with Gasteiger partial charge in [0.2, 0.25) is 5.88 Å². The number of rotatable bonds is 8. The number of H-pyrrole nitrogens is 1. The van der Waals surface area contributed by atoms with Crippen LogP contribution in [-0.4, -0.2) is 65.4 Å². The molecule has 2 aromatic heterocycles. The Morgan fingerprint density at radius 3 is 2.77 bits per heavy atom. The zero-order chi connectivity index (χ0) is 21.1. The first-order valence-corrected chi connectivity index (χ1v) is 9.57. The summed E-state index contributed by atoms with van der Waals surface area (Å²) >= 11 is 0. The molecule has 0 spiro atoms. The maximum absolute atomic E-state index is 10.1. The van der Waals surface area contributed by atoms with Gasteiger partial charge in [0.15, 0.2) is 11.5 Å². The minimum Gasteiger partial charge on any atom is -0.493 e. The van der Waals surface area contributed by atoms with Gasteiger partial charge in [-0.2, -0.15) is 0 Å². The predicted molar refractivity (Wildman–Crippen MR) is 115 cm³/mol. The summed E-state index contributed by atoms with van der Waals surface area (Å²) in [7, 11) is 5.35. The molecule has 0 aliphatic rings. The van der Waals surface area contributed by atoms with E-state index in [1.165, 1.54) is 6.33 Å². The molecular formula is C22H24N4O4. The number of aromatic amines is 1. The number of hydrogen-bond acceptors (Lipinski definition) is 7. The molecule has 4 aromatic rings. The van der Waals surface area contributed by atoms with Crippen molar-refractivity contribution in [1.82, 2.24) is 19.9 Å². The summed E-state index contributed by atoms with van der Waals surface area (Å²) in [6.07, 6.45) is 2.72. The second-order valence-electron chi connectivity index (χ2n) is 7.25. The fourth-order valence-corrected chi connectivity index (χ4v) is 3.26. The molecule has 0 aliphatic heterocycles. The second kappa shape index (κ2) is 8.56. The summed E-state index contributed by atoms with van der Waals surface area (Å²) in [5.74, 6) is 2.11. The van der Waals surface area contributed by atoms with E-state index in [4.69, 9.17) is 14.2 Å². The van der Waals surface area contributed by atoms with E-state index in [-0.39, 0.29) is 6.61 Å². The van der Waals surface area contributed by atoms with Gasteiger partial charge in [-0.3, -0.25) is 0 Å². The Labute approximate surface area is 174 Å². The van der Waals surface area contributed by atoms with E-state index in [2.05, 4.69) is 15.0 Å². The van der Waals surface area contributed by atoms with Crippen molar-refractivity contribution in [2.45, 2.75) is 6.10 Å². The van der Waals surface area contributed by atoms with Crippen LogP contribution in [-0.2, 0) is 0 Å². The van der Waals surface area contributed by atoms with E-state index in [9.17, 15) is 5.11 Å². The summed E-state index contributed by atoms with van der Waals surface area (Å²) in [6, 6.07) is 11.3. The van der Waals surface area contributed by atoms with Crippen LogP contribution in [0, 0.1) is 0 Å². The molecule has 0 amide bonds. The first kappa shape index (κ1) is 19.9. The zero-order valence-electron chi connectivity index (χ0n) is 17.1. The Morgan fingerprint density at radius 1 is 1.10 bits per heavy atom. The second-order valence-corrected chi connectivity index (χ2v) is 7.25. The molecule has 1 unspecified atom stereocenters. The van der Waals surface area contributed by atoms with Crippen LogP contribution in [0.4, 0.5) is 0 Å². The minimum atomic E-state index is -0.618. The zero-order valence-corrected chi connectivity index (χ0v) is 17.1. The summed E-state index contributed by atoms with van der Waals surface area (Å²) in [5, 5.41) is 11.8. The highest BCUT2D eigenvalue weighted by Crippen LogP contribution is 2.36. The van der Waals surface area contributed by atoms with Crippen molar-refractivity contribution in [2.24, 2.45) is 0 Å². The molecule has 2 N–H and O–H groups in total. The summed E-state index contributed by atoms with van der Waals surface area (Å²) in [6.45, 7) is 0.646. The number of ether oxygens (including phenoxy) is 3. The molecule has 0 aliphatic carbocycles. The number of methoxy groups -OCH3 is 1. The number of aliphatic hydroxyl groups is 1. The fourth-order valence-electron chi connectivity index (χ4n) is 3.26. The Kier molecular flexibility index (Phi) is 5.69. The van der Waals surface area contributed by atoms with Gasteiger partial charge in [0.25, 0.3) is 0 Å². The number of aromatic nitrogens is 3. The van der Waals surface area contributed by atoms with Crippen molar-refractivity contribution in [2.75, 3.05) is 34.4 Å². The molecule has 0 radical (unpaired) electrons. The lowest BCUT2D eigenvalue weighted by Crippen LogP contribution is -2.30. The smallest absolute Gasteiger partial charge is 0.230 e. The number of nitrogens with zero attached hydrogens (tertiary/aromatic N) is 3. The molecule has 4 rings (SSSR count). The van der Waals surface area contributed by atoms with Crippen LogP contribution in [0.25, 0.3) is 21.8 Å². The number of benzene rings is 2. The van der Waals surface area contributed by atoms with Crippen LogP contribution < -0.4 is 14.2 Å². The van der Waals surface area contributed by atoms with Gasteiger partial charge < -0.3 is 29.2 Å². The van der Waals surface area contributed by atoms with Crippen molar-refractivity contribution in [3.8, 4) is 23.1 Å². The first-order valence-electron chi connectivity index (χ1n) is 9.57. The molecule has 156 valence electrons. The molecule has 2 aromatic carbocycles. The largest absolute Gasteiger partial charge is 0.493 e. The maximum Gasteiger partial charge on any atom is 0.230 e. The number of likely N-dealkylation sites (N-methyl/N-ethyl adjacent to an activating group) is 1. The van der Waals surface area contributed by atoms with Crippen molar-refractivity contribution >= 4 is 21.8 Å². The van der Waals surface area contributed by atoms with Gasteiger partial charge in [0.05, 0.1) is 18.0 Å². The Bertz CT molecular complexity index is 1160. The van der Waals surface area contributed by atoms with Crippen LogP contribution in [0.1, 0.15) is 0 Å². The highest BCUT2D eigenvalue weighted by molar-refractivity contribution is 5.87. The molecule has 0 fully saturated rings. The number of aliphatic hydroxyl groups excluding tert-OH is 1. The molecule has 2 heterocycles. The highest BCUT2D eigenvalue weighted by atomic mass is 16.5. The summed E-state index contributed by atoms with van der Waals surface area (Å²) in [4.78, 5) is 13.7. The predicted octanol–water partition coefficient (Wildman–Crippen LogP) is 3.21. The highest BCUT2D eigenvalue weighted by Gasteiger charge is 2.15. The van der Waals surface area contributed by atoms with Crippen LogP contribution >= 0.6 is 0 Å². The van der Waals surface area contributed by atoms with Crippen LogP contribution in [0.3, 0.4) is 0 Å². The van der Waals surface area contributed by atoms with Crippen molar-refractivity contribution < 1.29 is 19.3 Å². The molecule has 0 bridgehead atoms. The van der Waals surface area contributed by atoms with Gasteiger partial charge in [-0.25, -0.2) is 9.97 Å². The molecule has 8 heteroatoms. The fraction of sp³-hybridized carbons (Fsp3) is 0.273. The normalized spacial score (nSPS) is 12.4. The number of nitrogens with one attached hydrogen (secondary N) is 1. The van der Waals surface area contributed by atoms with E-state index in [0.29, 0.717) is 40.6 Å². The first-order chi connectivity index (χ1) is 14.5. The van der Waals surface area contributed by atoms with Crippen molar-refractivity contribution in [1.29, 1.82) is 0 Å². The Morgan fingerprint density at radius 2 is 1.97 bits per heavy atom. The minimum absolute atomic E-state index is 0.144. The van der Waals surface area contributed by atoms with Gasteiger partial charge in [-0.1, -0.05) is 0 Å². The van der Waals surface area contributed by atoms with E-state index in [1.807, 2.05) is 49.5 Å². The quantitative estimate of drug-likeness (QED) is 0.462. The van der Waals surface area contributed by atoms with Crippen molar-refractivity contribution in [3.05, 3.63) is 48.9 Å². The Hall–Kier alpha value is -3.36. The number of hydrogen-bond donors (Lipinski definition) is 2. The van der Waals surface area contributed by atoms with E-state index < -0.39 is 6.10 Å². The molecule has 0 saturated heterocycles. The molecule has 1 atom stereocenters. The van der Waals surface area contributed by atoms with Gasteiger partial charge in [0, 0.05) is 29.7 Å². The van der Waals surface area contributed by atoms with Crippen LogP contribution in [0.15, 0.2) is 48.9 Å². The third-order valence-corrected chi connectivity index (χ3v) is 4.63. The standard InChI is InChI=1S/C22H24N4O4/c1-26(2)11-15(27)12-29-21-10-19-17(9-20(21)28-3)22(25-13-24-19)30-16-4-5-18-14(8-16)6-7-23-18/h4-10,13,15,23,27H,11-12H2,1-3H3. The third-order valence-electron chi connectivity index (χ3n) is 4.63. The van der Waals surface area contributed by atoms with E-state index in [0.717, 1.165) is 10.9 Å². The van der Waals surface area contributed by atoms with Gasteiger partial charge in [0.1, 0.15) is 24.8 Å². The molecule has 0 saturated carbocycles. The lowest BCUT2D eigenvalue weighted by molar-refractivity contribution is 0.0819. The monoisotopic (exact) mass is 408 g/mol. The summed E-state index contributed by atoms with van der Waals surface area (Å²) in [5.41, 5.74) is 1.69. The van der Waals surface area contributed by atoms with Gasteiger partial charge in [-0.15, -0.1) is 0 Å². The average molecular weight is 408 g/mol. The molecule has 8 nitrogen and oxygen atoms in total. The van der Waals surface area contributed by atoms with E-state index in [1.54, 1.807) is 19.2 Å². The Balaban J connectivity index is 1.62. The molecular weight excluding hydrogens is 384 g/mol. The van der Waals surface area contributed by atoms with Gasteiger partial charge >= 0.3 is 0 Å². The summed E-state index contributed by atoms with van der Waals surface area (Å²) < 4.78 is 17.3. The van der Waals surface area contributed by atoms with E-state index >= 15 is 0 Å². The lowest BCUT2D eigenvalue weighted by Gasteiger charge is -2.18. The maximum atomic E-state index is 10.1. The lowest BCUT2D eigenvalue weighted by atomic mass is 10.2. The third kappa shape index (κ3) is 4.29. The van der Waals surface area contributed by atoms with Crippen LogP contribution in [0.5, 0.6) is 23.1 Å². The molecule has 30 heavy (non-hydrogen) atoms.